The Balaban J connectivity index is 3.27. The smallest absolute Gasteiger partial charge is 0.402 e. The number of alkyl halides is 4. The first-order chi connectivity index (χ1) is 12.8. The molecule has 0 aliphatic heterocycles. The molecule has 158 valence electrons. The summed E-state index contributed by atoms with van der Waals surface area (Å²) in [6.45, 7) is 14.6. The minimum atomic E-state index is -4.60. The van der Waals surface area contributed by atoms with Gasteiger partial charge in [0.05, 0.1) is 11.3 Å². The van der Waals surface area contributed by atoms with Crippen LogP contribution in [0.1, 0.15) is 47.0 Å². The standard InChI is InChI=1S/C21H31F4N3/c1-7-16(10-18(15(4)26)21(23,24)25)19(27-6)13-28(9-8-14(2)3)17-11-20(5,22)12-17/h7,10,13-14,17H,1,6,8-9,11-12,26H2,2-5H3/b16-10+,18-15-,19-13-. The van der Waals surface area contributed by atoms with Gasteiger partial charge >= 0.3 is 6.18 Å². The zero-order valence-corrected chi connectivity index (χ0v) is 17.1. The van der Waals surface area contributed by atoms with E-state index in [1.165, 1.54) is 13.0 Å². The minimum absolute atomic E-state index is 0.0227. The van der Waals surface area contributed by atoms with Gasteiger partial charge in [-0.25, -0.2) is 4.39 Å². The van der Waals surface area contributed by atoms with E-state index in [4.69, 9.17) is 5.73 Å². The highest BCUT2D eigenvalue weighted by Crippen LogP contribution is 2.39. The first-order valence-electron chi connectivity index (χ1n) is 9.32. The van der Waals surface area contributed by atoms with E-state index in [1.54, 1.807) is 13.1 Å². The molecule has 0 amide bonds. The molecular weight excluding hydrogens is 370 g/mol. The van der Waals surface area contributed by atoms with E-state index in [2.05, 4.69) is 32.1 Å². The molecule has 2 N–H and O–H groups in total. The van der Waals surface area contributed by atoms with Crippen molar-refractivity contribution in [2.75, 3.05) is 6.54 Å². The SMILES string of the molecule is C=CC(=C\C(=C(/C)N)C(F)(F)F)/C(=C/N(CCC(C)C)C1CC(C)(F)C1)N=C. The third-order valence-electron chi connectivity index (χ3n) is 4.76. The Hall–Kier alpha value is -2.05. The molecule has 1 rings (SSSR count). The van der Waals surface area contributed by atoms with Gasteiger partial charge in [-0.05, 0) is 39.0 Å². The van der Waals surface area contributed by atoms with Crippen LogP contribution in [0.2, 0.25) is 0 Å². The predicted octanol–water partition coefficient (Wildman–Crippen LogP) is 5.67. The molecular formula is C21H31F4N3. The Kier molecular flexibility index (Phi) is 8.08. The summed E-state index contributed by atoms with van der Waals surface area (Å²) >= 11 is 0. The Morgan fingerprint density at radius 3 is 2.29 bits per heavy atom. The van der Waals surface area contributed by atoms with Gasteiger partial charge < -0.3 is 10.6 Å². The maximum atomic E-state index is 14.0. The van der Waals surface area contributed by atoms with Gasteiger partial charge in [-0.1, -0.05) is 26.5 Å². The van der Waals surface area contributed by atoms with Crippen LogP contribution in [0, 0.1) is 5.92 Å². The first-order valence-corrected chi connectivity index (χ1v) is 9.32. The van der Waals surface area contributed by atoms with E-state index in [0.29, 0.717) is 25.3 Å². The Labute approximate surface area is 165 Å². The summed E-state index contributed by atoms with van der Waals surface area (Å²) in [5, 5.41) is 0. The number of hydrogen-bond acceptors (Lipinski definition) is 3. The molecule has 0 aromatic carbocycles. The monoisotopic (exact) mass is 401 g/mol. The van der Waals surface area contributed by atoms with Crippen molar-refractivity contribution in [1.29, 1.82) is 0 Å². The topological polar surface area (TPSA) is 41.6 Å². The molecule has 0 heterocycles. The van der Waals surface area contributed by atoms with Crippen LogP contribution < -0.4 is 5.73 Å². The summed E-state index contributed by atoms with van der Waals surface area (Å²) in [7, 11) is 0. The molecule has 1 fully saturated rings. The van der Waals surface area contributed by atoms with Gasteiger partial charge in [-0.15, -0.1) is 0 Å². The van der Waals surface area contributed by atoms with E-state index < -0.39 is 17.4 Å². The Bertz CT molecular complexity index is 658. The van der Waals surface area contributed by atoms with Crippen LogP contribution in [0.4, 0.5) is 17.6 Å². The quantitative estimate of drug-likeness (QED) is 0.307. The second-order valence-electron chi connectivity index (χ2n) is 7.97. The van der Waals surface area contributed by atoms with E-state index in [9.17, 15) is 17.6 Å². The lowest BCUT2D eigenvalue weighted by atomic mass is 9.78. The number of aliphatic imine (C=N–C) groups is 1. The second-order valence-corrected chi connectivity index (χ2v) is 7.97. The normalized spacial score (nSPS) is 24.5. The molecule has 1 saturated carbocycles. The van der Waals surface area contributed by atoms with Crippen molar-refractivity contribution < 1.29 is 17.6 Å². The summed E-state index contributed by atoms with van der Waals surface area (Å²) < 4.78 is 53.7. The second kappa shape index (κ2) is 9.43. The highest BCUT2D eigenvalue weighted by molar-refractivity contribution is 5.48. The van der Waals surface area contributed by atoms with Crippen LogP contribution >= 0.6 is 0 Å². The Morgan fingerprint density at radius 2 is 1.93 bits per heavy atom. The van der Waals surface area contributed by atoms with Crippen LogP contribution in [-0.4, -0.2) is 36.0 Å². The van der Waals surface area contributed by atoms with Crippen molar-refractivity contribution in [1.82, 2.24) is 4.90 Å². The third kappa shape index (κ3) is 6.84. The number of nitrogens with zero attached hydrogens (tertiary/aromatic N) is 2. The van der Waals surface area contributed by atoms with Crippen molar-refractivity contribution in [3.63, 3.8) is 0 Å². The van der Waals surface area contributed by atoms with Crippen molar-refractivity contribution >= 4 is 6.72 Å². The number of nitrogens with two attached hydrogens (primary N) is 1. The number of halogens is 4. The summed E-state index contributed by atoms with van der Waals surface area (Å²) in [6.07, 6.45) is 0.870. The van der Waals surface area contributed by atoms with Crippen LogP contribution in [-0.2, 0) is 0 Å². The highest BCUT2D eigenvalue weighted by Gasteiger charge is 2.43. The summed E-state index contributed by atoms with van der Waals surface area (Å²) in [6, 6.07) is -0.0227. The minimum Gasteiger partial charge on any atom is -0.402 e. The van der Waals surface area contributed by atoms with Gasteiger partial charge in [0, 0.05) is 42.9 Å². The first kappa shape index (κ1) is 24.0. The van der Waals surface area contributed by atoms with Gasteiger partial charge in [0.1, 0.15) is 5.67 Å². The van der Waals surface area contributed by atoms with Crippen LogP contribution in [0.25, 0.3) is 0 Å². The molecule has 1 aliphatic carbocycles. The van der Waals surface area contributed by atoms with Gasteiger partial charge in [-0.2, -0.15) is 13.2 Å². The summed E-state index contributed by atoms with van der Waals surface area (Å²) in [4.78, 5) is 5.86. The fourth-order valence-electron chi connectivity index (χ4n) is 3.09. The molecule has 3 nitrogen and oxygen atoms in total. The fourth-order valence-corrected chi connectivity index (χ4v) is 3.09. The molecule has 28 heavy (non-hydrogen) atoms. The molecule has 0 saturated heterocycles. The molecule has 0 radical (unpaired) electrons. The van der Waals surface area contributed by atoms with Gasteiger partial charge in [0.25, 0.3) is 0 Å². The molecule has 0 bridgehead atoms. The van der Waals surface area contributed by atoms with Crippen LogP contribution in [0.3, 0.4) is 0 Å². The molecule has 0 unspecified atom stereocenters. The number of rotatable bonds is 9. The average molecular weight is 401 g/mol. The zero-order valence-electron chi connectivity index (χ0n) is 17.1. The molecule has 0 aromatic heterocycles. The number of allylic oxidation sites excluding steroid dienone is 4. The lowest BCUT2D eigenvalue weighted by Gasteiger charge is -2.45. The van der Waals surface area contributed by atoms with E-state index >= 15 is 0 Å². The van der Waals surface area contributed by atoms with Crippen molar-refractivity contribution in [3.05, 3.63) is 47.5 Å². The highest BCUT2D eigenvalue weighted by atomic mass is 19.4. The van der Waals surface area contributed by atoms with Gasteiger partial charge in [-0.3, -0.25) is 4.99 Å². The predicted molar refractivity (Wildman–Crippen MR) is 108 cm³/mol. The maximum Gasteiger partial charge on any atom is 0.418 e. The fraction of sp³-hybridized carbons (Fsp3) is 0.571. The maximum absolute atomic E-state index is 14.0. The zero-order chi connectivity index (χ0) is 21.7. The largest absolute Gasteiger partial charge is 0.418 e. The van der Waals surface area contributed by atoms with E-state index in [0.717, 1.165) is 12.5 Å². The molecule has 0 spiro atoms. The van der Waals surface area contributed by atoms with Gasteiger partial charge in [0.15, 0.2) is 0 Å². The van der Waals surface area contributed by atoms with E-state index in [1.807, 2.05) is 4.90 Å². The number of hydrogen-bond donors (Lipinski definition) is 1. The van der Waals surface area contributed by atoms with Crippen LogP contribution in [0.15, 0.2) is 52.5 Å². The summed E-state index contributed by atoms with van der Waals surface area (Å²) in [5.41, 5.74) is 3.31. The molecule has 1 aliphatic rings. The lowest BCUT2D eigenvalue weighted by Crippen LogP contribution is -2.50. The molecule has 0 atom stereocenters. The molecule has 7 heteroatoms. The average Bonchev–Trinajstić information content (AvgIpc) is 2.53. The van der Waals surface area contributed by atoms with Crippen molar-refractivity contribution in [2.45, 2.75) is 64.8 Å². The molecule has 0 aromatic rings. The third-order valence-corrected chi connectivity index (χ3v) is 4.76. The summed E-state index contributed by atoms with van der Waals surface area (Å²) in [5.74, 6) is 0.432. The lowest BCUT2D eigenvalue weighted by molar-refractivity contribution is -0.0890. The van der Waals surface area contributed by atoms with Crippen LogP contribution in [0.5, 0.6) is 0 Å². The van der Waals surface area contributed by atoms with Crippen molar-refractivity contribution in [2.24, 2.45) is 16.6 Å². The van der Waals surface area contributed by atoms with Gasteiger partial charge in [0.2, 0.25) is 0 Å². The van der Waals surface area contributed by atoms with Crippen molar-refractivity contribution in [3.8, 4) is 0 Å². The Morgan fingerprint density at radius 1 is 1.36 bits per heavy atom. The van der Waals surface area contributed by atoms with E-state index in [-0.39, 0.29) is 23.0 Å².